The highest BCUT2D eigenvalue weighted by molar-refractivity contribution is 8.55. The Labute approximate surface area is 611 Å². The van der Waals surface area contributed by atoms with E-state index in [4.69, 9.17) is 36.4 Å². The lowest BCUT2D eigenvalue weighted by molar-refractivity contribution is -0.138. The number of phosphoric acid groups is 1. The van der Waals surface area contributed by atoms with Gasteiger partial charge in [-0.15, -0.1) is 13.2 Å². The van der Waals surface area contributed by atoms with Crippen molar-refractivity contribution in [3.05, 3.63) is 59.3 Å². The number of hydrogen-bond acceptors (Lipinski definition) is 23. The number of nitrogen functional groups attached to an aromatic ring is 1. The molecule has 3 aromatic rings. The minimum atomic E-state index is -5.65. The molecule has 1 aliphatic heterocycles. The second-order valence-electron chi connectivity index (χ2n) is 21.3. The molecule has 0 amide bonds. The number of carboxylic acids is 3. The first-order valence-electron chi connectivity index (χ1n) is 31.1. The van der Waals surface area contributed by atoms with Crippen LogP contribution >= 0.6 is 61.3 Å². The number of aryl methyl sites for hydroxylation is 1. The van der Waals surface area contributed by atoms with E-state index in [1.165, 1.54) is 88.4 Å². The van der Waals surface area contributed by atoms with Crippen LogP contribution in [-0.4, -0.2) is 186 Å². The number of unbranched alkanes of at least 4 members (excludes halogenated alkanes) is 11. The number of nitrogens with two attached hydrogens (primary N) is 2. The zero-order chi connectivity index (χ0) is 81.9. The number of halogens is 15. The number of nitrogens with zero attached hydrogens (tertiary/aromatic N) is 7. The summed E-state index contributed by atoms with van der Waals surface area (Å²) in [5, 5.41) is 56.7. The summed E-state index contributed by atoms with van der Waals surface area (Å²) in [6, 6.07) is 0. The van der Waals surface area contributed by atoms with E-state index in [9.17, 15) is 114 Å². The molecule has 1 aliphatic rings. The second kappa shape index (κ2) is 51.9. The van der Waals surface area contributed by atoms with Crippen LogP contribution in [0.15, 0.2) is 47.5 Å². The number of thioether (sulfide) groups is 3. The predicted octanol–water partition coefficient (Wildman–Crippen LogP) is 14.7. The van der Waals surface area contributed by atoms with E-state index in [-0.39, 0.29) is 87.2 Å². The fourth-order valence-electron chi connectivity index (χ4n) is 7.54. The number of carbonyl (C=O) groups excluding carboxylic acids is 1. The summed E-state index contributed by atoms with van der Waals surface area (Å²) in [6.07, 6.45) is 13.9. The Bertz CT molecular complexity index is 3210. The predicted molar refractivity (Wildman–Crippen MR) is 367 cm³/mol. The lowest BCUT2D eigenvalue weighted by Gasteiger charge is -2.19. The van der Waals surface area contributed by atoms with E-state index in [1.807, 2.05) is 34.6 Å². The van der Waals surface area contributed by atoms with E-state index in [0.717, 1.165) is 39.0 Å². The second-order valence-corrected chi connectivity index (χ2v) is 30.0. The van der Waals surface area contributed by atoms with Gasteiger partial charge in [-0.1, -0.05) is 136 Å². The Balaban J connectivity index is -0.00000126. The maximum atomic E-state index is 12.2. The van der Waals surface area contributed by atoms with Gasteiger partial charge in [0.05, 0.1) is 47.0 Å². The SMILES string of the molecule is C=C(SC(F)(F)F)C(=O)O.CC.CCCCCCCCCCCCC/C=C/C(C)C(C)CSC(F)(F)F.CCCNCC(=O)O.CN(CC(=O)O)C(N)=NC(F)(F)F.Cc1ncc(CSC(F)(F)F)c(C=O)c1O.Nc1ncnc2c1ncn2[C@@H]1O[C@H](COP(=O)(O)OP(=O)(O)SC(F)(F)F)[C@H](O)C1O. The van der Waals surface area contributed by atoms with Crippen LogP contribution in [0.5, 0.6) is 5.75 Å². The Hall–Kier alpha value is -5.38. The van der Waals surface area contributed by atoms with Crippen molar-refractivity contribution in [1.82, 2.24) is 34.7 Å². The normalized spacial score (nSPS) is 17.1. The average molecular weight is 1660 g/mol. The molecule has 0 radical (unpaired) electrons. The van der Waals surface area contributed by atoms with E-state index in [0.29, 0.717) is 11.2 Å². The zero-order valence-electron chi connectivity index (χ0n) is 57.8. The molecule has 0 bridgehead atoms. The smallest absolute Gasteiger partial charge is 0.505 e. The number of fused-ring (bicyclic) bond motifs is 1. The van der Waals surface area contributed by atoms with Gasteiger partial charge in [0.1, 0.15) is 42.5 Å². The number of ether oxygens (including phenoxy) is 1. The van der Waals surface area contributed by atoms with Crippen molar-refractivity contribution in [2.45, 2.75) is 191 Å². The van der Waals surface area contributed by atoms with E-state index in [1.54, 1.807) is 0 Å². The molecular weight excluding hydrogens is 1570 g/mol. The molecule has 105 heavy (non-hydrogen) atoms. The quantitative estimate of drug-likeness (QED) is 0.00304. The van der Waals surface area contributed by atoms with Gasteiger partial charge < -0.3 is 66.8 Å². The molecule has 0 spiro atoms. The number of aliphatic imine (C=N–C) groups is 1. The maximum Gasteiger partial charge on any atom is 0.506 e. The van der Waals surface area contributed by atoms with E-state index >= 15 is 0 Å². The van der Waals surface area contributed by atoms with Crippen molar-refractivity contribution in [3.8, 4) is 5.75 Å². The fourth-order valence-corrected chi connectivity index (χ4v) is 13.0. The number of aliphatic hydroxyl groups excluding tert-OH is 2. The number of aromatic nitrogens is 5. The molecule has 0 saturated carbocycles. The molecule has 608 valence electrons. The first-order valence-corrected chi connectivity index (χ1v) is 38.4. The molecule has 1 fully saturated rings. The Kier molecular flexibility index (Phi) is 51.3. The van der Waals surface area contributed by atoms with Crippen LogP contribution in [0.3, 0.4) is 0 Å². The average Bonchev–Trinajstić information content (AvgIpc) is 1.63. The molecule has 3 aromatic heterocycles. The number of likely N-dealkylation sites (N-methyl/N-ethyl adjacent to an activating group) is 1. The third-order valence-corrected chi connectivity index (χ3v) is 19.6. The number of aromatic hydroxyl groups is 1. The van der Waals surface area contributed by atoms with Crippen molar-refractivity contribution < 1.29 is 148 Å². The largest absolute Gasteiger partial charge is 0.506 e. The van der Waals surface area contributed by atoms with Gasteiger partial charge in [-0.2, -0.15) is 62.0 Å². The molecule has 13 N–H and O–H groups in total. The van der Waals surface area contributed by atoms with Gasteiger partial charge >= 0.3 is 60.9 Å². The maximum absolute atomic E-state index is 12.2. The number of guanidine groups is 1. The Morgan fingerprint density at radius 1 is 0.810 bits per heavy atom. The summed E-state index contributed by atoms with van der Waals surface area (Å²) >= 11 is -2.44. The minimum Gasteiger partial charge on any atom is -0.505 e. The highest BCUT2D eigenvalue weighted by Crippen LogP contribution is 2.70. The van der Waals surface area contributed by atoms with Gasteiger partial charge in [0.2, 0.25) is 0 Å². The summed E-state index contributed by atoms with van der Waals surface area (Å²) in [5.74, 6) is -4.98. The van der Waals surface area contributed by atoms with Gasteiger partial charge in [-0.25, -0.2) is 28.9 Å². The monoisotopic (exact) mass is 1660 g/mol. The molecule has 4 heterocycles. The number of imidazole rings is 1. The molecule has 48 heteroatoms. The minimum absolute atomic E-state index is 0.0280. The van der Waals surface area contributed by atoms with Crippen LogP contribution in [0, 0.1) is 18.8 Å². The van der Waals surface area contributed by atoms with Gasteiger partial charge in [0.25, 0.3) is 0 Å². The number of alkyl halides is 15. The van der Waals surface area contributed by atoms with Crippen molar-refractivity contribution in [2.24, 2.45) is 22.6 Å². The highest BCUT2D eigenvalue weighted by Gasteiger charge is 2.48. The number of aldehydes is 1. The molecule has 0 aliphatic carbocycles. The van der Waals surface area contributed by atoms with Crippen LogP contribution in [0.2, 0.25) is 0 Å². The number of carbonyl (C=O) groups is 4. The van der Waals surface area contributed by atoms with Crippen LogP contribution in [0.1, 0.15) is 153 Å². The molecule has 4 rings (SSSR count). The first-order chi connectivity index (χ1) is 48.2. The number of carboxylic acid groups (broad SMARTS) is 3. The summed E-state index contributed by atoms with van der Waals surface area (Å²) < 4.78 is 215. The van der Waals surface area contributed by atoms with Crippen LogP contribution < -0.4 is 16.8 Å². The number of aliphatic hydroxyl groups is 2. The molecule has 5 unspecified atom stereocenters. The van der Waals surface area contributed by atoms with Crippen molar-refractivity contribution in [3.63, 3.8) is 0 Å². The zero-order valence-corrected chi connectivity index (χ0v) is 62.9. The summed E-state index contributed by atoms with van der Waals surface area (Å²) in [7, 11) is -4.39. The van der Waals surface area contributed by atoms with E-state index in [2.05, 4.69) is 64.7 Å². The van der Waals surface area contributed by atoms with Gasteiger partial charge in [0, 0.05) is 24.8 Å². The number of phosphoric ester groups is 1. The Morgan fingerprint density at radius 3 is 1.81 bits per heavy atom. The lowest BCUT2D eigenvalue weighted by atomic mass is 9.97. The molecule has 1 saturated heterocycles. The standard InChI is InChI=1S/C21H39F3S.C11H14F3N5O9P2S.C9H8F3NO2S.C5H8F3N3O2.C5H11NO2.C4H3F3O2S.C2H6/c1-4-5-6-7-8-9-10-11-12-13-14-15-16-17-19(2)20(3)18-25-21(22,23)24;12-11(13,14)31-30(24,25)28-29(22,23)26-1-4-6(20)7(21)10(27-4)19-3-18-5-8(15)16-2-17-9(5)19;1-5-8(15)7(3-14)6(2-13-5)4-16-9(10,11)12;1-11(2-3(12)13)4(9)10-5(6,7)8;1-2-3-6-4-5(7)8;1-2(3(8)9)10-4(5,6)7;1-2/h16-17,19-20H,4-15,18H2,1-3H3;2-4,6-7,10,20-21H,1H2,(H,22,23)(H,24,25)(H2,15,16,17);2-3,15H,4H2,1H3;2H2,1H3,(H2,9,10)(H,12,13);6H,2-4H2,1H3,(H,7,8);1H2,(H,8,9);1-2H3/b17-16+;;;;;;/t;4-,6+,7?,10-;;;;;/m.1...../s1. The molecule has 27 nitrogen and oxygen atoms in total. The van der Waals surface area contributed by atoms with E-state index < -0.39 is 138 Å². The van der Waals surface area contributed by atoms with Gasteiger partial charge in [-0.3, -0.25) is 28.5 Å². The number of hydrogen-bond donors (Lipinski definition) is 11. The molecule has 0 aromatic carbocycles. The van der Waals surface area contributed by atoms with Gasteiger partial charge in [-0.05, 0) is 73.7 Å². The molecular formula is C57H89F15N10O17P2S4. The lowest BCUT2D eigenvalue weighted by Crippen LogP contribution is -2.38. The fraction of sp³-hybridized carbons (Fsp3) is 0.667. The summed E-state index contributed by atoms with van der Waals surface area (Å²) in [5.41, 5.74) is -7.32. The third kappa shape index (κ3) is 52.3. The van der Waals surface area contributed by atoms with Crippen LogP contribution in [0.25, 0.3) is 11.2 Å². The number of rotatable bonds is 34. The van der Waals surface area contributed by atoms with Crippen molar-refractivity contribution in [1.29, 1.82) is 0 Å². The third-order valence-electron chi connectivity index (χ3n) is 12.7. The highest BCUT2D eigenvalue weighted by atomic mass is 32.7. The first kappa shape index (κ1) is 104. The number of aliphatic carboxylic acids is 3. The number of anilines is 1. The summed E-state index contributed by atoms with van der Waals surface area (Å²) in [4.78, 5) is 76.0. The number of nitrogens with one attached hydrogen (secondary N) is 1. The molecule has 8 atom stereocenters. The van der Waals surface area contributed by atoms with Crippen molar-refractivity contribution >= 4 is 108 Å². The topological polar surface area (TPSA) is 428 Å². The number of pyridine rings is 1. The number of allylic oxidation sites excluding steroid dienone is 2. The summed E-state index contributed by atoms with van der Waals surface area (Å²) in [6.45, 7) is 9.89. The van der Waals surface area contributed by atoms with Crippen molar-refractivity contribution in [2.75, 3.05) is 44.8 Å². The Morgan fingerprint density at radius 2 is 1.35 bits per heavy atom. The van der Waals surface area contributed by atoms with Gasteiger partial charge in [0.15, 0.2) is 29.9 Å². The van der Waals surface area contributed by atoms with Crippen LogP contribution in [-0.2, 0) is 42.8 Å². The van der Waals surface area contributed by atoms with Crippen LogP contribution in [0.4, 0.5) is 71.7 Å².